The van der Waals surface area contributed by atoms with E-state index in [0.717, 1.165) is 25.3 Å². The monoisotopic (exact) mass is 967 g/mol. The first-order valence-corrected chi connectivity index (χ1v) is 16.8. The zero-order valence-electron chi connectivity index (χ0n) is 21.3. The number of nitrogens with zero attached hydrogens (tertiary/aromatic N) is 1. The lowest BCUT2D eigenvalue weighted by Crippen LogP contribution is -2.41. The second kappa shape index (κ2) is 14.5. The predicted molar refractivity (Wildman–Crippen MR) is 166 cm³/mol. The van der Waals surface area contributed by atoms with Gasteiger partial charge in [-0.05, 0) is 112 Å². The molecular formula is C24H19F3I3NO11S. The highest BCUT2D eigenvalue weighted by atomic mass is 127. The lowest BCUT2D eigenvalue weighted by atomic mass is 9.87. The summed E-state index contributed by atoms with van der Waals surface area (Å²) in [6.07, 6.45) is -9.07. The average molecular weight is 967 g/mol. The summed E-state index contributed by atoms with van der Waals surface area (Å²) in [5.74, 6) is -6.51. The highest BCUT2D eigenvalue weighted by molar-refractivity contribution is 14.1. The van der Waals surface area contributed by atoms with Crippen molar-refractivity contribution in [2.45, 2.75) is 44.1 Å². The van der Waals surface area contributed by atoms with E-state index in [2.05, 4.69) is 4.74 Å². The van der Waals surface area contributed by atoms with Crippen molar-refractivity contribution >= 4 is 101 Å². The maximum Gasteiger partial charge on any atom is 0.426 e. The van der Waals surface area contributed by atoms with Crippen molar-refractivity contribution in [3.63, 3.8) is 0 Å². The number of benzene rings is 2. The molecule has 0 aliphatic heterocycles. The van der Waals surface area contributed by atoms with Crippen LogP contribution in [-0.4, -0.2) is 59.9 Å². The van der Waals surface area contributed by atoms with Crippen LogP contribution in [0.25, 0.3) is 0 Å². The zero-order valence-corrected chi connectivity index (χ0v) is 28.6. The SMILES string of the molecule is O=C(OC1CCC(C(=O)OC(CS(=O)(=O)O)C(F)(F)F)CC1)c1ccc([N+](=O)[O-])c(OC(=O)c2cc(I)cc(I)c2I)c1. The molecule has 234 valence electrons. The van der Waals surface area contributed by atoms with E-state index in [1.165, 1.54) is 0 Å². The van der Waals surface area contributed by atoms with E-state index in [4.69, 9.17) is 14.0 Å². The van der Waals surface area contributed by atoms with Gasteiger partial charge in [-0.3, -0.25) is 19.5 Å². The number of esters is 3. The molecule has 1 fully saturated rings. The second-order valence-corrected chi connectivity index (χ2v) is 14.2. The Bertz CT molecular complexity index is 1540. The van der Waals surface area contributed by atoms with Crippen molar-refractivity contribution in [1.82, 2.24) is 0 Å². The minimum Gasteiger partial charge on any atom is -0.459 e. The molecule has 2 aromatic rings. The van der Waals surface area contributed by atoms with Crippen molar-refractivity contribution in [1.29, 1.82) is 0 Å². The Hall–Kier alpha value is -1.86. The van der Waals surface area contributed by atoms with E-state index < -0.39 is 74.4 Å². The first kappa shape index (κ1) is 35.6. The van der Waals surface area contributed by atoms with Crippen molar-refractivity contribution in [2.24, 2.45) is 5.92 Å². The zero-order chi connectivity index (χ0) is 32.3. The number of ether oxygens (including phenoxy) is 3. The highest BCUT2D eigenvalue weighted by Gasteiger charge is 2.46. The van der Waals surface area contributed by atoms with Crippen LogP contribution in [-0.2, 0) is 24.4 Å². The quantitative estimate of drug-likeness (QED) is 0.0621. The molecule has 1 saturated carbocycles. The molecule has 43 heavy (non-hydrogen) atoms. The molecule has 0 saturated heterocycles. The van der Waals surface area contributed by atoms with Crippen molar-refractivity contribution in [3.8, 4) is 5.75 Å². The van der Waals surface area contributed by atoms with Gasteiger partial charge in [-0.15, -0.1) is 0 Å². The molecule has 1 atom stereocenters. The molecule has 2 aromatic carbocycles. The van der Waals surface area contributed by atoms with E-state index >= 15 is 0 Å². The number of alkyl halides is 3. The van der Waals surface area contributed by atoms with Crippen LogP contribution in [0.1, 0.15) is 46.4 Å². The van der Waals surface area contributed by atoms with Gasteiger partial charge in [0.05, 0.1) is 22.0 Å². The molecule has 1 unspecified atom stereocenters. The second-order valence-electron chi connectivity index (χ2n) is 9.17. The molecule has 19 heteroatoms. The fourth-order valence-corrected chi connectivity index (χ4v) is 7.01. The summed E-state index contributed by atoms with van der Waals surface area (Å²) in [6, 6.07) is 6.42. The Kier molecular flexibility index (Phi) is 12.0. The van der Waals surface area contributed by atoms with Gasteiger partial charge >= 0.3 is 29.8 Å². The number of nitro groups is 1. The van der Waals surface area contributed by atoms with Crippen LogP contribution < -0.4 is 4.74 Å². The molecule has 12 nitrogen and oxygen atoms in total. The van der Waals surface area contributed by atoms with Gasteiger partial charge in [-0.1, -0.05) is 0 Å². The van der Waals surface area contributed by atoms with Crippen LogP contribution in [0.15, 0.2) is 30.3 Å². The molecule has 0 heterocycles. The Labute approximate surface area is 282 Å². The first-order valence-electron chi connectivity index (χ1n) is 11.9. The minimum absolute atomic E-state index is 0.0407. The first-order chi connectivity index (χ1) is 19.9. The number of hydrogen-bond donors (Lipinski definition) is 1. The Morgan fingerprint density at radius 1 is 1.05 bits per heavy atom. The van der Waals surface area contributed by atoms with E-state index in [1.54, 1.807) is 6.07 Å². The van der Waals surface area contributed by atoms with Crippen LogP contribution >= 0.6 is 67.8 Å². The summed E-state index contributed by atoms with van der Waals surface area (Å²) in [7, 11) is -5.09. The van der Waals surface area contributed by atoms with E-state index in [0.29, 0.717) is 3.57 Å². The summed E-state index contributed by atoms with van der Waals surface area (Å²) >= 11 is 5.96. The van der Waals surface area contributed by atoms with Gasteiger partial charge in [0.25, 0.3) is 10.1 Å². The van der Waals surface area contributed by atoms with Crippen LogP contribution in [0.4, 0.5) is 18.9 Å². The van der Waals surface area contributed by atoms with Gasteiger partial charge in [0.2, 0.25) is 11.9 Å². The number of hydrogen-bond acceptors (Lipinski definition) is 10. The van der Waals surface area contributed by atoms with Crippen LogP contribution in [0.5, 0.6) is 5.75 Å². The predicted octanol–water partition coefficient (Wildman–Crippen LogP) is 5.71. The lowest BCUT2D eigenvalue weighted by molar-refractivity contribution is -0.385. The Morgan fingerprint density at radius 3 is 2.23 bits per heavy atom. The van der Waals surface area contributed by atoms with Gasteiger partial charge < -0.3 is 14.2 Å². The summed E-state index contributed by atoms with van der Waals surface area (Å²) in [4.78, 5) is 48.7. The normalized spacial score (nSPS) is 17.9. The topological polar surface area (TPSA) is 176 Å². The number of rotatable bonds is 9. The van der Waals surface area contributed by atoms with E-state index in [-0.39, 0.29) is 36.8 Å². The molecule has 3 rings (SSSR count). The van der Waals surface area contributed by atoms with Gasteiger partial charge in [0.15, 0.2) is 0 Å². The van der Waals surface area contributed by atoms with Crippen LogP contribution in [0, 0.1) is 26.7 Å². The third-order valence-corrected chi connectivity index (χ3v) is 10.5. The highest BCUT2D eigenvalue weighted by Crippen LogP contribution is 2.33. The summed E-state index contributed by atoms with van der Waals surface area (Å²) in [6.45, 7) is 0. The fourth-order valence-electron chi connectivity index (χ4n) is 3.99. The number of carbonyl (C=O) groups is 3. The van der Waals surface area contributed by atoms with Crippen molar-refractivity contribution in [2.75, 3.05) is 5.75 Å². The summed E-state index contributed by atoms with van der Waals surface area (Å²) in [5, 5.41) is 11.5. The molecule has 0 spiro atoms. The third kappa shape index (κ3) is 10.1. The number of halogens is 6. The lowest BCUT2D eigenvalue weighted by Gasteiger charge is -2.28. The largest absolute Gasteiger partial charge is 0.459 e. The van der Waals surface area contributed by atoms with Gasteiger partial charge in [-0.2, -0.15) is 21.6 Å². The molecular weight excluding hydrogens is 948 g/mol. The fraction of sp³-hybridized carbons (Fsp3) is 0.375. The molecule has 1 aliphatic carbocycles. The molecule has 0 radical (unpaired) electrons. The van der Waals surface area contributed by atoms with Gasteiger partial charge in [0.1, 0.15) is 11.9 Å². The molecule has 1 aliphatic rings. The van der Waals surface area contributed by atoms with E-state index in [9.17, 15) is 46.1 Å². The average Bonchev–Trinajstić information content (AvgIpc) is 2.89. The summed E-state index contributed by atoms with van der Waals surface area (Å²) < 4.78 is 86.8. The molecule has 0 aromatic heterocycles. The van der Waals surface area contributed by atoms with Gasteiger partial charge in [-0.25, -0.2) is 9.59 Å². The third-order valence-electron chi connectivity index (χ3n) is 6.07. The molecule has 1 N–H and O–H groups in total. The standard InChI is InChI=1S/C24H19F3I3NO11S/c25-24(26,27)19(10-43(37,38)39)42-21(32)11-1-4-14(5-2-11)40-22(33)12-3-6-17(31(35)36)18(7-12)41-23(34)15-8-13(28)9-16(29)20(15)30/h3,6-9,11,14,19H,1-2,4-5,10H2,(H,37,38,39). The van der Waals surface area contributed by atoms with E-state index in [1.807, 2.05) is 73.8 Å². The smallest absolute Gasteiger partial charge is 0.426 e. The van der Waals surface area contributed by atoms with Crippen LogP contribution in [0.3, 0.4) is 0 Å². The maximum atomic E-state index is 13.1. The maximum absolute atomic E-state index is 13.1. The Balaban J connectivity index is 1.67. The Morgan fingerprint density at radius 2 is 1.67 bits per heavy atom. The molecule has 0 bridgehead atoms. The van der Waals surface area contributed by atoms with Crippen molar-refractivity contribution < 1.29 is 59.7 Å². The van der Waals surface area contributed by atoms with Crippen LogP contribution in [0.2, 0.25) is 0 Å². The van der Waals surface area contributed by atoms with Crippen molar-refractivity contribution in [3.05, 3.63) is 62.3 Å². The minimum atomic E-state index is -5.23. The summed E-state index contributed by atoms with van der Waals surface area (Å²) in [5.41, 5.74) is -0.598. The van der Waals surface area contributed by atoms with Gasteiger partial charge in [0, 0.05) is 22.8 Å². The molecule has 0 amide bonds. The number of carbonyl (C=O) groups excluding carboxylic acids is 3. The number of nitro benzene ring substituents is 1.